The highest BCUT2D eigenvalue weighted by Crippen LogP contribution is 2.32. The van der Waals surface area contributed by atoms with Gasteiger partial charge in [0.1, 0.15) is 5.69 Å². The molecule has 1 N–H and O–H groups in total. The van der Waals surface area contributed by atoms with Gasteiger partial charge in [-0.15, -0.1) is 5.10 Å². The van der Waals surface area contributed by atoms with Gasteiger partial charge in [0.05, 0.1) is 9.90 Å². The van der Waals surface area contributed by atoms with Crippen LogP contribution in [0.4, 0.5) is 0 Å². The van der Waals surface area contributed by atoms with Gasteiger partial charge in [0.25, 0.3) is 0 Å². The number of benzene rings is 1. The highest BCUT2D eigenvalue weighted by molar-refractivity contribution is 7.06. The average Bonchev–Trinajstić information content (AvgIpc) is 2.73. The lowest BCUT2D eigenvalue weighted by atomic mass is 10.1. The number of aromatic nitrogens is 2. The van der Waals surface area contributed by atoms with Crippen LogP contribution >= 0.6 is 34.7 Å². The zero-order valence-electron chi connectivity index (χ0n) is 11.0. The summed E-state index contributed by atoms with van der Waals surface area (Å²) < 4.78 is 4.02. The third-order valence-electron chi connectivity index (χ3n) is 2.52. The van der Waals surface area contributed by atoms with E-state index in [9.17, 15) is 0 Å². The summed E-state index contributed by atoms with van der Waals surface area (Å²) in [4.78, 5) is 1.07. The average molecular weight is 316 g/mol. The molecule has 3 nitrogen and oxygen atoms in total. The van der Waals surface area contributed by atoms with Gasteiger partial charge < -0.3 is 5.32 Å². The van der Waals surface area contributed by atoms with E-state index in [1.807, 2.05) is 12.1 Å². The molecular weight excluding hydrogens is 301 g/mol. The SMILES string of the molecule is CC(C)(C)NCc1snnc1-c1ccc(Cl)cc1Cl. The van der Waals surface area contributed by atoms with Crippen LogP contribution in [0.25, 0.3) is 11.3 Å². The molecule has 0 saturated carbocycles. The molecule has 2 aromatic rings. The zero-order chi connectivity index (χ0) is 14.0. The summed E-state index contributed by atoms with van der Waals surface area (Å²) in [5.41, 5.74) is 1.74. The third-order valence-corrected chi connectivity index (χ3v) is 3.79. The summed E-state index contributed by atoms with van der Waals surface area (Å²) in [6, 6.07) is 5.41. The van der Waals surface area contributed by atoms with Crippen LogP contribution in [0, 0.1) is 0 Å². The highest BCUT2D eigenvalue weighted by Gasteiger charge is 2.16. The number of hydrogen-bond donors (Lipinski definition) is 1. The molecule has 0 aliphatic carbocycles. The van der Waals surface area contributed by atoms with E-state index in [1.165, 1.54) is 11.5 Å². The minimum Gasteiger partial charge on any atom is -0.307 e. The van der Waals surface area contributed by atoms with Gasteiger partial charge in [0, 0.05) is 22.7 Å². The van der Waals surface area contributed by atoms with Gasteiger partial charge in [-0.05, 0) is 50.5 Å². The van der Waals surface area contributed by atoms with Gasteiger partial charge >= 0.3 is 0 Å². The third kappa shape index (κ3) is 3.89. The standard InChI is InChI=1S/C13H15Cl2N3S/c1-13(2,3)16-7-11-12(17-18-19-11)9-5-4-8(14)6-10(9)15/h4-6,16H,7H2,1-3H3. The first kappa shape index (κ1) is 14.7. The monoisotopic (exact) mass is 315 g/mol. The zero-order valence-corrected chi connectivity index (χ0v) is 13.3. The van der Waals surface area contributed by atoms with E-state index >= 15 is 0 Å². The Labute approximate surface area is 127 Å². The molecule has 1 aromatic heterocycles. The summed E-state index contributed by atoms with van der Waals surface area (Å²) in [5.74, 6) is 0. The van der Waals surface area contributed by atoms with Gasteiger partial charge in [-0.2, -0.15) is 0 Å². The maximum absolute atomic E-state index is 6.22. The number of rotatable bonds is 3. The maximum Gasteiger partial charge on any atom is 0.111 e. The fraction of sp³-hybridized carbons (Fsp3) is 0.385. The van der Waals surface area contributed by atoms with Crippen molar-refractivity contribution in [1.82, 2.24) is 14.9 Å². The van der Waals surface area contributed by atoms with Gasteiger partial charge in [-0.25, -0.2) is 0 Å². The molecule has 0 aliphatic rings. The van der Waals surface area contributed by atoms with Crippen LogP contribution in [0.5, 0.6) is 0 Å². The Morgan fingerprint density at radius 3 is 2.63 bits per heavy atom. The van der Waals surface area contributed by atoms with Crippen LogP contribution in [-0.2, 0) is 6.54 Å². The quantitative estimate of drug-likeness (QED) is 0.912. The van der Waals surface area contributed by atoms with Gasteiger partial charge in [-0.1, -0.05) is 27.7 Å². The molecule has 0 saturated heterocycles. The molecule has 6 heteroatoms. The second-order valence-corrected chi connectivity index (χ2v) is 6.95. The van der Waals surface area contributed by atoms with E-state index in [2.05, 4.69) is 35.7 Å². The van der Waals surface area contributed by atoms with Gasteiger partial charge in [0.15, 0.2) is 0 Å². The topological polar surface area (TPSA) is 37.8 Å². The molecule has 19 heavy (non-hydrogen) atoms. The van der Waals surface area contributed by atoms with Crippen LogP contribution in [0.15, 0.2) is 18.2 Å². The van der Waals surface area contributed by atoms with Crippen molar-refractivity contribution in [2.45, 2.75) is 32.9 Å². The minimum atomic E-state index is 0.0467. The van der Waals surface area contributed by atoms with E-state index in [-0.39, 0.29) is 5.54 Å². The fourth-order valence-corrected chi connectivity index (χ4v) is 2.65. The highest BCUT2D eigenvalue weighted by atomic mass is 35.5. The number of hydrogen-bond acceptors (Lipinski definition) is 4. The second-order valence-electron chi connectivity index (χ2n) is 5.27. The first-order valence-electron chi connectivity index (χ1n) is 5.88. The Balaban J connectivity index is 2.28. The second kappa shape index (κ2) is 5.75. The molecule has 0 fully saturated rings. The smallest absolute Gasteiger partial charge is 0.111 e. The lowest BCUT2D eigenvalue weighted by molar-refractivity contribution is 0.426. The van der Waals surface area contributed by atoms with Crippen molar-refractivity contribution in [1.29, 1.82) is 0 Å². The predicted octanol–water partition coefficient (Wildman–Crippen LogP) is 4.40. The van der Waals surface area contributed by atoms with E-state index in [0.29, 0.717) is 10.0 Å². The maximum atomic E-state index is 6.22. The molecule has 0 aliphatic heterocycles. The number of halogens is 2. The lowest BCUT2D eigenvalue weighted by Crippen LogP contribution is -2.34. The fourth-order valence-electron chi connectivity index (χ4n) is 1.56. The van der Waals surface area contributed by atoms with E-state index in [0.717, 1.165) is 22.7 Å². The number of nitrogens with zero attached hydrogens (tertiary/aromatic N) is 2. The van der Waals surface area contributed by atoms with Crippen LogP contribution in [0.3, 0.4) is 0 Å². The van der Waals surface area contributed by atoms with Crippen LogP contribution in [0.1, 0.15) is 25.6 Å². The molecule has 0 bridgehead atoms. The molecule has 0 atom stereocenters. The Morgan fingerprint density at radius 2 is 2.00 bits per heavy atom. The van der Waals surface area contributed by atoms with Crippen molar-refractivity contribution in [2.75, 3.05) is 0 Å². The van der Waals surface area contributed by atoms with E-state index in [4.69, 9.17) is 23.2 Å². The van der Waals surface area contributed by atoms with Gasteiger partial charge in [-0.3, -0.25) is 0 Å². The van der Waals surface area contributed by atoms with Crippen molar-refractivity contribution >= 4 is 34.7 Å². The normalized spacial score (nSPS) is 11.8. The first-order valence-corrected chi connectivity index (χ1v) is 7.41. The molecule has 1 heterocycles. The molecule has 0 amide bonds. The summed E-state index contributed by atoms with van der Waals surface area (Å²) >= 11 is 13.5. The lowest BCUT2D eigenvalue weighted by Gasteiger charge is -2.20. The van der Waals surface area contributed by atoms with Crippen molar-refractivity contribution in [3.05, 3.63) is 33.1 Å². The molecule has 1 aromatic carbocycles. The van der Waals surface area contributed by atoms with Crippen molar-refractivity contribution < 1.29 is 0 Å². The first-order chi connectivity index (χ1) is 8.87. The minimum absolute atomic E-state index is 0.0467. The predicted molar refractivity (Wildman–Crippen MR) is 82.0 cm³/mol. The van der Waals surface area contributed by atoms with Crippen molar-refractivity contribution in [3.63, 3.8) is 0 Å². The van der Waals surface area contributed by atoms with Gasteiger partial charge in [0.2, 0.25) is 0 Å². The Morgan fingerprint density at radius 1 is 1.26 bits per heavy atom. The summed E-state index contributed by atoms with van der Waals surface area (Å²) in [6.45, 7) is 7.08. The van der Waals surface area contributed by atoms with Crippen molar-refractivity contribution in [3.8, 4) is 11.3 Å². The van der Waals surface area contributed by atoms with Crippen LogP contribution in [-0.4, -0.2) is 15.1 Å². The van der Waals surface area contributed by atoms with Crippen molar-refractivity contribution in [2.24, 2.45) is 0 Å². The molecule has 0 unspecified atom stereocenters. The molecule has 102 valence electrons. The number of nitrogens with one attached hydrogen (secondary N) is 1. The molecule has 2 rings (SSSR count). The van der Waals surface area contributed by atoms with E-state index in [1.54, 1.807) is 6.07 Å². The molecule has 0 spiro atoms. The molecular formula is C13H15Cl2N3S. The van der Waals surface area contributed by atoms with Crippen LogP contribution in [0.2, 0.25) is 10.0 Å². The largest absolute Gasteiger partial charge is 0.307 e. The summed E-state index contributed by atoms with van der Waals surface area (Å²) in [5, 5.41) is 8.82. The van der Waals surface area contributed by atoms with E-state index < -0.39 is 0 Å². The summed E-state index contributed by atoms with van der Waals surface area (Å²) in [7, 11) is 0. The Kier molecular flexibility index (Phi) is 4.46. The molecule has 0 radical (unpaired) electrons. The van der Waals surface area contributed by atoms with Crippen LogP contribution < -0.4 is 5.32 Å². The Hall–Kier alpha value is -0.680. The Bertz CT molecular complexity index is 576. The summed E-state index contributed by atoms with van der Waals surface area (Å²) in [6.07, 6.45) is 0.